The number of nitrogens with zero attached hydrogens (tertiary/aromatic N) is 2. The molecule has 2 atom stereocenters. The van der Waals surface area contributed by atoms with E-state index in [2.05, 4.69) is 9.97 Å². The van der Waals surface area contributed by atoms with Crippen molar-refractivity contribution in [3.63, 3.8) is 0 Å². The molecule has 4 nitrogen and oxygen atoms in total. The van der Waals surface area contributed by atoms with Crippen molar-refractivity contribution >= 4 is 5.82 Å². The van der Waals surface area contributed by atoms with Crippen molar-refractivity contribution in [1.82, 2.24) is 9.97 Å². The Morgan fingerprint density at radius 2 is 1.87 bits per heavy atom. The van der Waals surface area contributed by atoms with Crippen LogP contribution >= 0.6 is 0 Å². The highest BCUT2D eigenvalue weighted by Crippen LogP contribution is 2.48. The van der Waals surface area contributed by atoms with Gasteiger partial charge in [-0.1, -0.05) is 0 Å². The van der Waals surface area contributed by atoms with E-state index in [1.807, 2.05) is 0 Å². The van der Waals surface area contributed by atoms with Gasteiger partial charge in [-0.15, -0.1) is 0 Å². The molecule has 0 radical (unpaired) electrons. The molecule has 3 heterocycles. The topological polar surface area (TPSA) is 49.0 Å². The standard InChI is InChI=1S/C22H24F5N3O/c1-11-7-15(17-8-18(31)12(2)13(3)28-17)20(29-19(11)22(25,26)27)30-9-14-5-4-6-21(23,24)16(14)10-30/h7-8,14,16H,4-6,9-10H2,1-3H3,(H,28,31)/t14?,16-/m1/s1. The second-order valence-electron chi connectivity index (χ2n) is 8.74. The molecule has 9 heteroatoms. The van der Waals surface area contributed by atoms with Crippen molar-refractivity contribution in [3.8, 4) is 11.3 Å². The Labute approximate surface area is 176 Å². The summed E-state index contributed by atoms with van der Waals surface area (Å²) in [7, 11) is 0. The van der Waals surface area contributed by atoms with Gasteiger partial charge >= 0.3 is 6.18 Å². The summed E-state index contributed by atoms with van der Waals surface area (Å²) in [4.78, 5) is 20.9. The van der Waals surface area contributed by atoms with E-state index in [-0.39, 0.29) is 42.2 Å². The first-order valence-electron chi connectivity index (χ1n) is 10.3. The predicted octanol–water partition coefficient (Wildman–Crippen LogP) is 5.25. The molecule has 1 saturated heterocycles. The van der Waals surface area contributed by atoms with Gasteiger partial charge in [-0.2, -0.15) is 13.2 Å². The lowest BCUT2D eigenvalue weighted by atomic mass is 9.79. The van der Waals surface area contributed by atoms with Crippen LogP contribution in [0.4, 0.5) is 27.8 Å². The van der Waals surface area contributed by atoms with Gasteiger partial charge in [-0.05, 0) is 51.2 Å². The molecule has 2 aromatic heterocycles. The number of alkyl halides is 5. The maximum Gasteiger partial charge on any atom is 0.433 e. The van der Waals surface area contributed by atoms with Crippen LogP contribution in [0.3, 0.4) is 0 Å². The molecule has 31 heavy (non-hydrogen) atoms. The number of nitrogens with one attached hydrogen (secondary N) is 1. The summed E-state index contributed by atoms with van der Waals surface area (Å²) < 4.78 is 69.7. The second-order valence-corrected chi connectivity index (χ2v) is 8.74. The highest BCUT2D eigenvalue weighted by Gasteiger charge is 2.51. The molecular weight excluding hydrogens is 417 g/mol. The minimum absolute atomic E-state index is 0.0120. The third-order valence-electron chi connectivity index (χ3n) is 6.65. The van der Waals surface area contributed by atoms with Crippen molar-refractivity contribution in [2.75, 3.05) is 18.0 Å². The fraction of sp³-hybridized carbons (Fsp3) is 0.545. The SMILES string of the molecule is Cc1cc(-c2cc(=O)c(C)c(C)[nH]2)c(N2CC3CCCC(F)(F)[C@@H]3C2)nc1C(F)(F)F. The van der Waals surface area contributed by atoms with Gasteiger partial charge in [0, 0.05) is 48.3 Å². The molecule has 168 valence electrons. The molecule has 0 aromatic carbocycles. The van der Waals surface area contributed by atoms with Gasteiger partial charge in [0.05, 0.1) is 5.69 Å². The third-order valence-corrected chi connectivity index (χ3v) is 6.65. The predicted molar refractivity (Wildman–Crippen MR) is 107 cm³/mol. The minimum atomic E-state index is -4.68. The van der Waals surface area contributed by atoms with Crippen LogP contribution in [0.1, 0.15) is 41.8 Å². The Balaban J connectivity index is 1.87. The van der Waals surface area contributed by atoms with E-state index in [9.17, 15) is 26.7 Å². The van der Waals surface area contributed by atoms with Gasteiger partial charge < -0.3 is 9.88 Å². The summed E-state index contributed by atoms with van der Waals surface area (Å²) in [5.74, 6) is -4.07. The molecule has 2 aliphatic rings. The zero-order valence-corrected chi connectivity index (χ0v) is 17.5. The summed E-state index contributed by atoms with van der Waals surface area (Å²) in [6.07, 6.45) is -3.86. The molecule has 2 fully saturated rings. The number of rotatable bonds is 2. The number of H-pyrrole nitrogens is 1. The first kappa shape index (κ1) is 21.8. The summed E-state index contributed by atoms with van der Waals surface area (Å²) in [5, 5.41) is 0. The zero-order valence-electron chi connectivity index (χ0n) is 17.5. The molecule has 0 bridgehead atoms. The molecule has 0 spiro atoms. The zero-order chi connectivity index (χ0) is 22.7. The third kappa shape index (κ3) is 3.83. The van der Waals surface area contributed by atoms with E-state index in [1.165, 1.54) is 24.0 Å². The summed E-state index contributed by atoms with van der Waals surface area (Å²) in [6.45, 7) is 4.82. The lowest BCUT2D eigenvalue weighted by molar-refractivity contribution is -0.141. The molecule has 1 saturated carbocycles. The number of anilines is 1. The summed E-state index contributed by atoms with van der Waals surface area (Å²) >= 11 is 0. The molecular formula is C22H24F5N3O. The highest BCUT2D eigenvalue weighted by atomic mass is 19.4. The first-order chi connectivity index (χ1) is 14.4. The van der Waals surface area contributed by atoms with Gasteiger partial charge in [0.15, 0.2) is 5.43 Å². The van der Waals surface area contributed by atoms with Crippen LogP contribution in [0, 0.1) is 32.6 Å². The molecule has 1 N–H and O–H groups in total. The average molecular weight is 441 g/mol. The molecule has 0 amide bonds. The number of fused-ring (bicyclic) bond motifs is 1. The maximum atomic E-state index is 14.5. The van der Waals surface area contributed by atoms with Crippen molar-refractivity contribution < 1.29 is 22.0 Å². The number of pyridine rings is 2. The largest absolute Gasteiger partial charge is 0.433 e. The number of aromatic nitrogens is 2. The number of halogens is 5. The molecule has 1 aliphatic heterocycles. The van der Waals surface area contributed by atoms with E-state index >= 15 is 0 Å². The van der Waals surface area contributed by atoms with Crippen LogP contribution in [-0.4, -0.2) is 29.0 Å². The monoisotopic (exact) mass is 441 g/mol. The Kier molecular flexibility index (Phi) is 5.13. The molecule has 1 unspecified atom stereocenters. The minimum Gasteiger partial charge on any atom is -0.358 e. The number of aromatic amines is 1. The van der Waals surface area contributed by atoms with Crippen molar-refractivity contribution in [1.29, 1.82) is 0 Å². The fourth-order valence-electron chi connectivity index (χ4n) is 4.83. The number of aryl methyl sites for hydroxylation is 2. The van der Waals surface area contributed by atoms with Crippen LogP contribution in [0.25, 0.3) is 11.3 Å². The van der Waals surface area contributed by atoms with Crippen LogP contribution in [0.15, 0.2) is 16.9 Å². The fourth-order valence-corrected chi connectivity index (χ4v) is 4.83. The van der Waals surface area contributed by atoms with Crippen LogP contribution in [0.5, 0.6) is 0 Å². The normalized spacial score (nSPS) is 23.2. The van der Waals surface area contributed by atoms with Crippen LogP contribution < -0.4 is 10.3 Å². The van der Waals surface area contributed by atoms with E-state index < -0.39 is 23.7 Å². The lowest BCUT2D eigenvalue weighted by Gasteiger charge is -2.32. The Hall–Kier alpha value is -2.45. The van der Waals surface area contributed by atoms with Gasteiger partial charge in [0.25, 0.3) is 5.92 Å². The van der Waals surface area contributed by atoms with Gasteiger partial charge in [-0.25, -0.2) is 13.8 Å². The van der Waals surface area contributed by atoms with Gasteiger partial charge in [-0.3, -0.25) is 4.79 Å². The van der Waals surface area contributed by atoms with E-state index in [0.717, 1.165) is 0 Å². The summed E-state index contributed by atoms with van der Waals surface area (Å²) in [6, 6.07) is 2.67. The maximum absolute atomic E-state index is 14.5. The first-order valence-corrected chi connectivity index (χ1v) is 10.3. The second kappa shape index (κ2) is 7.31. The van der Waals surface area contributed by atoms with E-state index in [4.69, 9.17) is 0 Å². The summed E-state index contributed by atoms with van der Waals surface area (Å²) in [5.41, 5.74) is 0.353. The average Bonchev–Trinajstić information content (AvgIpc) is 3.10. The van der Waals surface area contributed by atoms with E-state index in [1.54, 1.807) is 13.8 Å². The van der Waals surface area contributed by atoms with Crippen LogP contribution in [0.2, 0.25) is 0 Å². The van der Waals surface area contributed by atoms with E-state index in [0.29, 0.717) is 35.4 Å². The Bertz CT molecular complexity index is 1080. The van der Waals surface area contributed by atoms with Gasteiger partial charge in [0.2, 0.25) is 0 Å². The lowest BCUT2D eigenvalue weighted by Crippen LogP contribution is -2.37. The Morgan fingerprint density at radius 3 is 2.48 bits per heavy atom. The molecule has 2 aromatic rings. The smallest absolute Gasteiger partial charge is 0.358 e. The van der Waals surface area contributed by atoms with Crippen molar-refractivity contribution in [3.05, 3.63) is 44.9 Å². The quantitative estimate of drug-likeness (QED) is 0.648. The van der Waals surface area contributed by atoms with Crippen molar-refractivity contribution in [2.45, 2.75) is 52.1 Å². The number of hydrogen-bond acceptors (Lipinski definition) is 3. The molecule has 4 rings (SSSR count). The number of hydrogen-bond donors (Lipinski definition) is 1. The van der Waals surface area contributed by atoms with Crippen LogP contribution in [-0.2, 0) is 6.18 Å². The van der Waals surface area contributed by atoms with Gasteiger partial charge in [0.1, 0.15) is 11.5 Å². The Morgan fingerprint density at radius 1 is 1.16 bits per heavy atom. The highest BCUT2D eigenvalue weighted by molar-refractivity contribution is 5.75. The molecule has 1 aliphatic carbocycles. The van der Waals surface area contributed by atoms with Crippen molar-refractivity contribution in [2.24, 2.45) is 11.8 Å².